The van der Waals surface area contributed by atoms with Crippen LogP contribution in [0.1, 0.15) is 40.0 Å². The third kappa shape index (κ3) is 3.45. The van der Waals surface area contributed by atoms with E-state index < -0.39 is 0 Å². The van der Waals surface area contributed by atoms with Crippen molar-refractivity contribution in [2.24, 2.45) is 5.41 Å². The largest absolute Gasteiger partial charge is 0.383 e. The number of piperidine rings is 1. The zero-order valence-electron chi connectivity index (χ0n) is 12.3. The Morgan fingerprint density at radius 3 is 2.44 bits per heavy atom. The number of carbonyl (C=O) groups is 1. The van der Waals surface area contributed by atoms with Crippen molar-refractivity contribution in [3.63, 3.8) is 0 Å². The summed E-state index contributed by atoms with van der Waals surface area (Å²) >= 11 is 0. The van der Waals surface area contributed by atoms with Gasteiger partial charge >= 0.3 is 0 Å². The van der Waals surface area contributed by atoms with Crippen molar-refractivity contribution in [2.75, 3.05) is 33.4 Å². The first kappa shape index (κ1) is 15.4. The zero-order chi connectivity index (χ0) is 13.6. The molecule has 0 saturated carbocycles. The second-order valence-corrected chi connectivity index (χ2v) is 5.47. The molecule has 0 atom stereocenters. The van der Waals surface area contributed by atoms with Crippen LogP contribution < -0.4 is 5.32 Å². The van der Waals surface area contributed by atoms with Gasteiger partial charge in [-0.15, -0.1) is 0 Å². The minimum absolute atomic E-state index is 0.150. The molecule has 1 fully saturated rings. The van der Waals surface area contributed by atoms with Gasteiger partial charge in [0.1, 0.15) is 0 Å². The highest BCUT2D eigenvalue weighted by molar-refractivity contribution is 5.83. The van der Waals surface area contributed by atoms with E-state index in [0.29, 0.717) is 19.1 Å². The summed E-state index contributed by atoms with van der Waals surface area (Å²) in [5, 5.41) is 3.34. The molecule has 4 nitrogen and oxygen atoms in total. The highest BCUT2D eigenvalue weighted by Gasteiger charge is 2.40. The van der Waals surface area contributed by atoms with Gasteiger partial charge in [0.15, 0.2) is 0 Å². The number of methoxy groups -OCH3 is 1. The molecule has 1 amide bonds. The maximum atomic E-state index is 12.8. The molecule has 0 bridgehead atoms. The Kier molecular flexibility index (Phi) is 6.09. The van der Waals surface area contributed by atoms with E-state index in [9.17, 15) is 4.79 Å². The molecule has 1 aliphatic rings. The van der Waals surface area contributed by atoms with E-state index in [1.807, 2.05) is 4.90 Å². The van der Waals surface area contributed by atoms with Crippen molar-refractivity contribution in [1.29, 1.82) is 0 Å². The van der Waals surface area contributed by atoms with Crippen molar-refractivity contribution in [1.82, 2.24) is 10.2 Å². The molecule has 1 rings (SSSR count). The average Bonchev–Trinajstić information content (AvgIpc) is 2.39. The van der Waals surface area contributed by atoms with Crippen LogP contribution in [0.3, 0.4) is 0 Å². The summed E-state index contributed by atoms with van der Waals surface area (Å²) in [6.45, 7) is 9.52. The summed E-state index contributed by atoms with van der Waals surface area (Å²) < 4.78 is 5.12. The van der Waals surface area contributed by atoms with Crippen molar-refractivity contribution < 1.29 is 9.53 Å². The first-order valence-corrected chi connectivity index (χ1v) is 7.08. The first-order chi connectivity index (χ1) is 8.57. The summed E-state index contributed by atoms with van der Waals surface area (Å²) in [5.41, 5.74) is -0.150. The van der Waals surface area contributed by atoms with Gasteiger partial charge in [-0.25, -0.2) is 0 Å². The van der Waals surface area contributed by atoms with Crippen LogP contribution in [0, 0.1) is 5.41 Å². The molecule has 0 aliphatic carbocycles. The summed E-state index contributed by atoms with van der Waals surface area (Å²) in [7, 11) is 1.68. The van der Waals surface area contributed by atoms with E-state index in [0.717, 1.165) is 32.4 Å². The Morgan fingerprint density at radius 1 is 1.39 bits per heavy atom. The van der Waals surface area contributed by atoms with Crippen LogP contribution in [0.4, 0.5) is 0 Å². The predicted molar refractivity (Wildman–Crippen MR) is 73.6 cm³/mol. The molecule has 0 aromatic heterocycles. The standard InChI is InChI=1S/C14H28N2O2/c1-5-14(6-8-15-9-7-14)13(17)16(12(2)3)10-11-18-4/h12,15H,5-11H2,1-4H3. The molecule has 0 spiro atoms. The fraction of sp³-hybridized carbons (Fsp3) is 0.929. The van der Waals surface area contributed by atoms with E-state index in [1.54, 1.807) is 7.11 Å². The first-order valence-electron chi connectivity index (χ1n) is 7.08. The topological polar surface area (TPSA) is 41.6 Å². The van der Waals surface area contributed by atoms with Gasteiger partial charge in [0, 0.05) is 19.7 Å². The van der Waals surface area contributed by atoms with Gasteiger partial charge in [0.25, 0.3) is 0 Å². The highest BCUT2D eigenvalue weighted by atomic mass is 16.5. The highest BCUT2D eigenvalue weighted by Crippen LogP contribution is 2.35. The monoisotopic (exact) mass is 256 g/mol. The molecule has 1 N–H and O–H groups in total. The van der Waals surface area contributed by atoms with Crippen molar-refractivity contribution in [3.05, 3.63) is 0 Å². The fourth-order valence-corrected chi connectivity index (χ4v) is 2.71. The van der Waals surface area contributed by atoms with Gasteiger partial charge in [-0.1, -0.05) is 6.92 Å². The van der Waals surface area contributed by atoms with Crippen LogP contribution >= 0.6 is 0 Å². The molecule has 106 valence electrons. The van der Waals surface area contributed by atoms with Gasteiger partial charge in [-0.2, -0.15) is 0 Å². The predicted octanol–water partition coefficient (Wildman–Crippen LogP) is 1.65. The summed E-state index contributed by atoms with van der Waals surface area (Å²) in [4.78, 5) is 14.8. The lowest BCUT2D eigenvalue weighted by Crippen LogP contribution is -2.51. The van der Waals surface area contributed by atoms with Crippen LogP contribution in [0.2, 0.25) is 0 Å². The van der Waals surface area contributed by atoms with Crippen LogP contribution in [0.15, 0.2) is 0 Å². The maximum Gasteiger partial charge on any atom is 0.229 e. The third-order valence-electron chi connectivity index (χ3n) is 4.11. The molecular formula is C14H28N2O2. The van der Waals surface area contributed by atoms with Gasteiger partial charge in [-0.3, -0.25) is 4.79 Å². The Labute approximate surface area is 111 Å². The number of rotatable bonds is 6. The Morgan fingerprint density at radius 2 is 2.00 bits per heavy atom. The lowest BCUT2D eigenvalue weighted by molar-refractivity contribution is -0.146. The molecule has 1 heterocycles. The van der Waals surface area contributed by atoms with Gasteiger partial charge in [0.05, 0.1) is 12.0 Å². The number of carbonyl (C=O) groups excluding carboxylic acids is 1. The van der Waals surface area contributed by atoms with E-state index in [4.69, 9.17) is 4.74 Å². The van der Waals surface area contributed by atoms with Crippen LogP contribution in [-0.2, 0) is 9.53 Å². The van der Waals surface area contributed by atoms with Crippen LogP contribution in [0.25, 0.3) is 0 Å². The normalized spacial score (nSPS) is 18.9. The molecule has 0 unspecified atom stereocenters. The quantitative estimate of drug-likeness (QED) is 0.785. The fourth-order valence-electron chi connectivity index (χ4n) is 2.71. The lowest BCUT2D eigenvalue weighted by atomic mass is 9.75. The van der Waals surface area contributed by atoms with E-state index >= 15 is 0 Å². The minimum atomic E-state index is -0.150. The Bertz CT molecular complexity index is 261. The summed E-state index contributed by atoms with van der Waals surface area (Å²) in [6, 6.07) is 0.242. The number of nitrogens with one attached hydrogen (secondary N) is 1. The van der Waals surface area contributed by atoms with E-state index in [1.165, 1.54) is 0 Å². The smallest absolute Gasteiger partial charge is 0.229 e. The molecule has 0 aromatic rings. The number of nitrogens with zero attached hydrogens (tertiary/aromatic N) is 1. The molecule has 1 aliphatic heterocycles. The molecule has 4 heteroatoms. The van der Waals surface area contributed by atoms with Crippen molar-refractivity contribution in [3.8, 4) is 0 Å². The van der Waals surface area contributed by atoms with Crippen molar-refractivity contribution in [2.45, 2.75) is 46.1 Å². The maximum absolute atomic E-state index is 12.8. The number of hydrogen-bond donors (Lipinski definition) is 1. The van der Waals surface area contributed by atoms with E-state index in [2.05, 4.69) is 26.1 Å². The second kappa shape index (κ2) is 7.10. The number of amides is 1. The zero-order valence-corrected chi connectivity index (χ0v) is 12.3. The van der Waals surface area contributed by atoms with Gasteiger partial charge in [0.2, 0.25) is 5.91 Å². The molecular weight excluding hydrogens is 228 g/mol. The average molecular weight is 256 g/mol. The number of hydrogen-bond acceptors (Lipinski definition) is 3. The lowest BCUT2D eigenvalue weighted by Gasteiger charge is -2.41. The molecule has 1 saturated heterocycles. The Balaban J connectivity index is 2.78. The second-order valence-electron chi connectivity index (χ2n) is 5.47. The molecule has 0 radical (unpaired) electrons. The molecule has 0 aromatic carbocycles. The Hall–Kier alpha value is -0.610. The summed E-state index contributed by atoms with van der Waals surface area (Å²) in [5.74, 6) is 0.318. The van der Waals surface area contributed by atoms with Gasteiger partial charge in [-0.05, 0) is 46.2 Å². The van der Waals surface area contributed by atoms with Gasteiger partial charge < -0.3 is 15.0 Å². The molecule has 18 heavy (non-hydrogen) atoms. The SMILES string of the molecule is CCC1(C(=O)N(CCOC)C(C)C)CCNCC1. The van der Waals surface area contributed by atoms with Crippen molar-refractivity contribution >= 4 is 5.91 Å². The summed E-state index contributed by atoms with van der Waals surface area (Å²) in [6.07, 6.45) is 2.85. The third-order valence-corrected chi connectivity index (χ3v) is 4.11. The number of ether oxygens (including phenoxy) is 1. The minimum Gasteiger partial charge on any atom is -0.383 e. The van der Waals surface area contributed by atoms with Crippen LogP contribution in [-0.4, -0.2) is 50.2 Å². The van der Waals surface area contributed by atoms with E-state index in [-0.39, 0.29) is 11.5 Å². The van der Waals surface area contributed by atoms with Crippen LogP contribution in [0.5, 0.6) is 0 Å².